The molecule has 1 N–H and O–H groups in total. The topological polar surface area (TPSA) is 57.6 Å². The van der Waals surface area contributed by atoms with Gasteiger partial charge in [-0.2, -0.15) is 0 Å². The van der Waals surface area contributed by atoms with Crippen LogP contribution in [0, 0.1) is 11.7 Å². The summed E-state index contributed by atoms with van der Waals surface area (Å²) in [5.74, 6) is -1.28. The van der Waals surface area contributed by atoms with Crippen molar-refractivity contribution < 1.29 is 19.1 Å². The van der Waals surface area contributed by atoms with E-state index in [2.05, 4.69) is 0 Å². The Balaban J connectivity index is 1.91. The Morgan fingerprint density at radius 3 is 2.90 bits per heavy atom. The first-order valence-electron chi connectivity index (χ1n) is 7.24. The summed E-state index contributed by atoms with van der Waals surface area (Å²) < 4.78 is 13.1. The average molecular weight is 293 g/mol. The summed E-state index contributed by atoms with van der Waals surface area (Å²) in [5, 5.41) is 9.10. The van der Waals surface area contributed by atoms with Gasteiger partial charge < -0.3 is 10.0 Å². The Hall–Kier alpha value is -1.91. The predicted molar refractivity (Wildman–Crippen MR) is 76.3 cm³/mol. The molecule has 0 aliphatic carbocycles. The molecule has 1 amide bonds. The van der Waals surface area contributed by atoms with Gasteiger partial charge in [-0.1, -0.05) is 19.1 Å². The molecule has 2 atom stereocenters. The van der Waals surface area contributed by atoms with Gasteiger partial charge in [0.2, 0.25) is 5.91 Å². The van der Waals surface area contributed by atoms with Gasteiger partial charge in [0.1, 0.15) is 11.9 Å². The molecule has 1 aliphatic rings. The number of carbonyl (C=O) groups is 2. The zero-order valence-corrected chi connectivity index (χ0v) is 12.1. The van der Waals surface area contributed by atoms with Crippen LogP contribution in [0.15, 0.2) is 24.3 Å². The predicted octanol–water partition coefficient (Wildman–Crippen LogP) is 2.47. The second-order valence-electron chi connectivity index (χ2n) is 5.73. The molecule has 0 unspecified atom stereocenters. The van der Waals surface area contributed by atoms with Crippen molar-refractivity contribution in [1.29, 1.82) is 0 Å². The summed E-state index contributed by atoms with van der Waals surface area (Å²) in [6.07, 6.45) is 2.16. The zero-order valence-electron chi connectivity index (χ0n) is 12.1. The highest BCUT2D eigenvalue weighted by Crippen LogP contribution is 2.21. The molecule has 1 aromatic rings. The second-order valence-corrected chi connectivity index (χ2v) is 5.73. The Kier molecular flexibility index (Phi) is 4.94. The first-order chi connectivity index (χ1) is 9.97. The lowest BCUT2D eigenvalue weighted by Gasteiger charge is -2.23. The molecule has 114 valence electrons. The highest BCUT2D eigenvalue weighted by Gasteiger charge is 2.34. The lowest BCUT2D eigenvalue weighted by molar-refractivity contribution is -0.148. The molecule has 5 heteroatoms. The van der Waals surface area contributed by atoms with Crippen molar-refractivity contribution in [2.45, 2.75) is 38.6 Å². The van der Waals surface area contributed by atoms with Crippen molar-refractivity contribution in [3.05, 3.63) is 35.6 Å². The van der Waals surface area contributed by atoms with Crippen molar-refractivity contribution in [2.75, 3.05) is 6.54 Å². The molecule has 0 radical (unpaired) electrons. The molecule has 0 spiro atoms. The van der Waals surface area contributed by atoms with Gasteiger partial charge in [0.15, 0.2) is 0 Å². The largest absolute Gasteiger partial charge is 0.480 e. The van der Waals surface area contributed by atoms with Crippen LogP contribution >= 0.6 is 0 Å². The molecule has 2 rings (SSSR count). The van der Waals surface area contributed by atoms with E-state index in [-0.39, 0.29) is 17.6 Å². The third-order valence-electron chi connectivity index (χ3n) is 3.85. The minimum atomic E-state index is -0.932. The van der Waals surface area contributed by atoms with Crippen molar-refractivity contribution >= 4 is 11.9 Å². The van der Waals surface area contributed by atoms with E-state index in [9.17, 15) is 14.0 Å². The van der Waals surface area contributed by atoms with Gasteiger partial charge >= 0.3 is 5.97 Å². The van der Waals surface area contributed by atoms with Gasteiger partial charge in [-0.05, 0) is 42.9 Å². The minimum absolute atomic E-state index is 0.0503. The lowest BCUT2D eigenvalue weighted by atomic mass is 9.97. The van der Waals surface area contributed by atoms with E-state index in [1.807, 2.05) is 13.0 Å². The standard InChI is InChI=1S/C16H20FNO3/c1-11(8-12-4-2-5-13(17)10-12)9-15(19)18-7-3-6-14(18)16(20)21/h2,4-5,10-11,14H,3,6-9H2,1H3,(H,20,21)/t11-,14+/m0/s1. The maximum absolute atomic E-state index is 13.1. The minimum Gasteiger partial charge on any atom is -0.480 e. The third-order valence-corrected chi connectivity index (χ3v) is 3.85. The van der Waals surface area contributed by atoms with Crippen LogP contribution in [0.5, 0.6) is 0 Å². The second kappa shape index (κ2) is 6.70. The molecule has 1 fully saturated rings. The van der Waals surface area contributed by atoms with Gasteiger partial charge in [-0.3, -0.25) is 4.79 Å². The molecule has 1 aliphatic heterocycles. The van der Waals surface area contributed by atoms with Gasteiger partial charge in [0.05, 0.1) is 0 Å². The van der Waals surface area contributed by atoms with Gasteiger partial charge in [0, 0.05) is 13.0 Å². The van der Waals surface area contributed by atoms with Gasteiger partial charge in [-0.25, -0.2) is 9.18 Å². The first kappa shape index (κ1) is 15.5. The Morgan fingerprint density at radius 2 is 2.24 bits per heavy atom. The fourth-order valence-corrected chi connectivity index (χ4v) is 2.88. The number of rotatable bonds is 5. The van der Waals surface area contributed by atoms with E-state index in [0.717, 1.165) is 12.0 Å². The Morgan fingerprint density at radius 1 is 1.48 bits per heavy atom. The zero-order chi connectivity index (χ0) is 15.4. The summed E-state index contributed by atoms with van der Waals surface area (Å²) >= 11 is 0. The van der Waals surface area contributed by atoms with Crippen LogP contribution in [-0.2, 0) is 16.0 Å². The molecule has 1 aromatic carbocycles. The monoisotopic (exact) mass is 293 g/mol. The maximum Gasteiger partial charge on any atom is 0.326 e. The molecule has 1 heterocycles. The van der Waals surface area contributed by atoms with Crippen molar-refractivity contribution in [2.24, 2.45) is 5.92 Å². The first-order valence-corrected chi connectivity index (χ1v) is 7.24. The van der Waals surface area contributed by atoms with Crippen LogP contribution in [-0.4, -0.2) is 34.5 Å². The number of carboxylic acids is 1. The maximum atomic E-state index is 13.1. The third kappa shape index (κ3) is 4.03. The van der Waals surface area contributed by atoms with Crippen LogP contribution in [0.3, 0.4) is 0 Å². The van der Waals surface area contributed by atoms with E-state index in [0.29, 0.717) is 25.8 Å². The van der Waals surface area contributed by atoms with E-state index < -0.39 is 12.0 Å². The van der Waals surface area contributed by atoms with Gasteiger partial charge in [0.25, 0.3) is 0 Å². The van der Waals surface area contributed by atoms with E-state index in [4.69, 9.17) is 5.11 Å². The summed E-state index contributed by atoms with van der Waals surface area (Å²) in [6.45, 7) is 2.44. The quantitative estimate of drug-likeness (QED) is 0.907. The summed E-state index contributed by atoms with van der Waals surface area (Å²) in [4.78, 5) is 24.8. The number of halogens is 1. The van der Waals surface area contributed by atoms with Crippen molar-refractivity contribution in [3.63, 3.8) is 0 Å². The molecule has 0 saturated carbocycles. The number of carbonyl (C=O) groups excluding carboxylic acids is 1. The molecular weight excluding hydrogens is 273 g/mol. The van der Waals surface area contributed by atoms with E-state index >= 15 is 0 Å². The summed E-state index contributed by atoms with van der Waals surface area (Å²) in [6, 6.07) is 5.66. The number of amides is 1. The number of carboxylic acid groups (broad SMARTS) is 1. The molecule has 0 aromatic heterocycles. The van der Waals surface area contributed by atoms with Crippen LogP contribution in [0.1, 0.15) is 31.7 Å². The molecule has 21 heavy (non-hydrogen) atoms. The SMILES string of the molecule is C[C@H](CC(=O)N1CCC[C@@H]1C(=O)O)Cc1cccc(F)c1. The summed E-state index contributed by atoms with van der Waals surface area (Å²) in [7, 11) is 0. The Bertz CT molecular complexity index is 532. The number of hydrogen-bond acceptors (Lipinski definition) is 2. The molecule has 0 bridgehead atoms. The normalized spacial score (nSPS) is 19.5. The average Bonchev–Trinajstić information content (AvgIpc) is 2.87. The van der Waals surface area contributed by atoms with Crippen LogP contribution in [0.4, 0.5) is 4.39 Å². The van der Waals surface area contributed by atoms with Crippen LogP contribution < -0.4 is 0 Å². The smallest absolute Gasteiger partial charge is 0.326 e. The van der Waals surface area contributed by atoms with Crippen LogP contribution in [0.25, 0.3) is 0 Å². The fourth-order valence-electron chi connectivity index (χ4n) is 2.88. The molecule has 4 nitrogen and oxygen atoms in total. The molecular formula is C16H20FNO3. The highest BCUT2D eigenvalue weighted by atomic mass is 19.1. The van der Waals surface area contributed by atoms with Crippen molar-refractivity contribution in [3.8, 4) is 0 Å². The molecule has 1 saturated heterocycles. The number of nitrogens with zero attached hydrogens (tertiary/aromatic N) is 1. The van der Waals surface area contributed by atoms with E-state index in [1.165, 1.54) is 17.0 Å². The van der Waals surface area contributed by atoms with E-state index in [1.54, 1.807) is 6.07 Å². The number of hydrogen-bond donors (Lipinski definition) is 1. The number of aliphatic carboxylic acids is 1. The van der Waals surface area contributed by atoms with Crippen LogP contribution in [0.2, 0.25) is 0 Å². The number of benzene rings is 1. The summed E-state index contributed by atoms with van der Waals surface area (Å²) in [5.41, 5.74) is 0.853. The highest BCUT2D eigenvalue weighted by molar-refractivity contribution is 5.84. The Labute approximate surface area is 123 Å². The fraction of sp³-hybridized carbons (Fsp3) is 0.500. The lowest BCUT2D eigenvalue weighted by Crippen LogP contribution is -2.41. The van der Waals surface area contributed by atoms with Crippen molar-refractivity contribution in [1.82, 2.24) is 4.90 Å². The van der Waals surface area contributed by atoms with Gasteiger partial charge in [-0.15, -0.1) is 0 Å². The number of likely N-dealkylation sites (tertiary alicyclic amines) is 1.